The van der Waals surface area contributed by atoms with Crippen molar-refractivity contribution in [2.24, 2.45) is 0 Å². The number of likely N-dealkylation sites (N-methyl/N-ethyl adjacent to an activating group) is 1. The predicted octanol–water partition coefficient (Wildman–Crippen LogP) is 7.46. The Kier molecular flexibility index (Phi) is 29.4. The van der Waals surface area contributed by atoms with E-state index in [0.29, 0.717) is 125 Å². The minimum atomic E-state index is -0.365. The van der Waals surface area contributed by atoms with Crippen molar-refractivity contribution in [2.75, 3.05) is 133 Å². The van der Waals surface area contributed by atoms with Crippen LogP contribution in [0.4, 0.5) is 4.79 Å². The number of carbonyl (C=O) groups is 2. The number of unbranched alkanes of at least 4 members (excludes halogenated alkanes) is 8. The van der Waals surface area contributed by atoms with Crippen molar-refractivity contribution in [1.29, 1.82) is 0 Å². The Bertz CT molecular complexity index is 1300. The van der Waals surface area contributed by atoms with Crippen LogP contribution in [0.5, 0.6) is 0 Å². The fourth-order valence-corrected chi connectivity index (χ4v) is 6.51. The number of hydrogen-bond donors (Lipinski definition) is 0. The van der Waals surface area contributed by atoms with E-state index in [-0.39, 0.29) is 24.6 Å². The van der Waals surface area contributed by atoms with Crippen molar-refractivity contribution in [1.82, 2.24) is 4.90 Å². The summed E-state index contributed by atoms with van der Waals surface area (Å²) in [5, 5.41) is 0. The molecule has 2 aromatic rings. The SMILES string of the molecule is CCCCCCCCCCCC(=O)OCCOCCOCCOCCOCCOCCOCCOCCOCCN(C)C(=O)OCC1c2ccccc2-c2ccccc21. The van der Waals surface area contributed by atoms with Crippen molar-refractivity contribution >= 4 is 12.1 Å². The minimum Gasteiger partial charge on any atom is -0.463 e. The fraction of sp³-hybridized carbons (Fsp3) is 0.696. The Morgan fingerprint density at radius 2 is 0.847 bits per heavy atom. The van der Waals surface area contributed by atoms with Gasteiger partial charge in [-0.3, -0.25) is 4.79 Å². The maximum absolute atomic E-state index is 12.6. The summed E-state index contributed by atoms with van der Waals surface area (Å²) in [6.07, 6.45) is 11.2. The Morgan fingerprint density at radius 3 is 1.29 bits per heavy atom. The van der Waals surface area contributed by atoms with Crippen LogP contribution in [0.2, 0.25) is 0 Å². The summed E-state index contributed by atoms with van der Waals surface area (Å²) in [5.74, 6) is -0.104. The molecule has 1 aliphatic rings. The highest BCUT2D eigenvalue weighted by Gasteiger charge is 2.29. The molecule has 3 rings (SSSR count). The predicted molar refractivity (Wildman–Crippen MR) is 227 cm³/mol. The summed E-state index contributed by atoms with van der Waals surface area (Å²) < 4.78 is 55.1. The summed E-state index contributed by atoms with van der Waals surface area (Å²) in [7, 11) is 1.71. The van der Waals surface area contributed by atoms with Gasteiger partial charge in [-0.25, -0.2) is 4.79 Å². The molecular weight excluding hydrogens is 759 g/mol. The number of ether oxygens (including phenoxy) is 10. The van der Waals surface area contributed by atoms with Gasteiger partial charge in [0, 0.05) is 25.9 Å². The number of nitrogens with zero attached hydrogens (tertiary/aromatic N) is 1. The first-order chi connectivity index (χ1) is 29.1. The lowest BCUT2D eigenvalue weighted by atomic mass is 9.98. The molecule has 0 N–H and O–H groups in total. The first kappa shape index (κ1) is 50.2. The zero-order chi connectivity index (χ0) is 41.9. The molecule has 0 radical (unpaired) electrons. The van der Waals surface area contributed by atoms with Gasteiger partial charge in [-0.2, -0.15) is 0 Å². The quantitative estimate of drug-likeness (QED) is 0.0490. The molecule has 0 heterocycles. The van der Waals surface area contributed by atoms with E-state index in [1.54, 1.807) is 7.05 Å². The first-order valence-corrected chi connectivity index (χ1v) is 22.0. The van der Waals surface area contributed by atoms with E-state index in [9.17, 15) is 9.59 Å². The van der Waals surface area contributed by atoms with Gasteiger partial charge in [0.15, 0.2) is 0 Å². The lowest BCUT2D eigenvalue weighted by molar-refractivity contribution is -0.145. The van der Waals surface area contributed by atoms with Crippen molar-refractivity contribution in [3.05, 3.63) is 59.7 Å². The molecule has 13 nitrogen and oxygen atoms in total. The molecule has 2 aromatic carbocycles. The summed E-state index contributed by atoms with van der Waals surface area (Å²) >= 11 is 0. The second-order valence-corrected chi connectivity index (χ2v) is 14.4. The van der Waals surface area contributed by atoms with E-state index in [1.165, 1.54) is 72.1 Å². The summed E-state index contributed by atoms with van der Waals surface area (Å²) in [4.78, 5) is 26.0. The first-order valence-electron chi connectivity index (χ1n) is 22.0. The van der Waals surface area contributed by atoms with Crippen LogP contribution in [0.25, 0.3) is 11.1 Å². The van der Waals surface area contributed by atoms with E-state index in [4.69, 9.17) is 47.4 Å². The Morgan fingerprint density at radius 1 is 0.475 bits per heavy atom. The van der Waals surface area contributed by atoms with Crippen LogP contribution in [-0.4, -0.2) is 149 Å². The third kappa shape index (κ3) is 23.4. The second kappa shape index (κ2) is 34.6. The third-order valence-corrected chi connectivity index (χ3v) is 9.80. The van der Waals surface area contributed by atoms with Gasteiger partial charge in [-0.1, -0.05) is 107 Å². The normalized spacial score (nSPS) is 12.1. The van der Waals surface area contributed by atoms with Crippen LogP contribution in [0.15, 0.2) is 48.5 Å². The molecular formula is C46H73NO12. The molecule has 0 aromatic heterocycles. The average Bonchev–Trinajstić information content (AvgIpc) is 3.57. The molecule has 0 saturated heterocycles. The van der Waals surface area contributed by atoms with Crippen LogP contribution in [0, 0.1) is 0 Å². The zero-order valence-electron chi connectivity index (χ0n) is 36.0. The molecule has 0 saturated carbocycles. The molecule has 13 heteroatoms. The highest BCUT2D eigenvalue weighted by Crippen LogP contribution is 2.44. The maximum atomic E-state index is 12.6. The number of rotatable bonds is 39. The van der Waals surface area contributed by atoms with Crippen molar-refractivity contribution in [3.63, 3.8) is 0 Å². The summed E-state index contributed by atoms with van der Waals surface area (Å²) in [5.41, 5.74) is 4.79. The lowest BCUT2D eigenvalue weighted by Gasteiger charge is -2.19. The Hall–Kier alpha value is -3.14. The number of amides is 1. The molecule has 0 aliphatic heterocycles. The van der Waals surface area contributed by atoms with Crippen molar-refractivity contribution in [2.45, 2.75) is 77.0 Å². The van der Waals surface area contributed by atoms with E-state index in [2.05, 4.69) is 31.2 Å². The maximum Gasteiger partial charge on any atom is 0.409 e. The smallest absolute Gasteiger partial charge is 0.409 e. The summed E-state index contributed by atoms with van der Waals surface area (Å²) in [6, 6.07) is 16.6. The van der Waals surface area contributed by atoms with Gasteiger partial charge >= 0.3 is 12.1 Å². The standard InChI is InChI=1S/C46H73NO12/c1-3-4-5-6-7-8-9-10-11-20-45(48)58-38-37-57-36-35-56-34-33-55-32-31-54-30-29-53-28-27-52-26-25-51-24-23-50-22-21-47(2)46(49)59-39-44-42-18-14-12-16-40(42)41-17-13-15-19-43(41)44/h12-19,44H,3-11,20-39H2,1-2H3. The van der Waals surface area contributed by atoms with Gasteiger partial charge in [-0.05, 0) is 28.7 Å². The monoisotopic (exact) mass is 832 g/mol. The van der Waals surface area contributed by atoms with E-state index in [1.807, 2.05) is 24.3 Å². The summed E-state index contributed by atoms with van der Waals surface area (Å²) in [6.45, 7) is 10.6. The molecule has 0 bridgehead atoms. The Labute approximate surface area is 353 Å². The zero-order valence-corrected chi connectivity index (χ0v) is 36.0. The molecule has 59 heavy (non-hydrogen) atoms. The van der Waals surface area contributed by atoms with Crippen LogP contribution >= 0.6 is 0 Å². The number of carbonyl (C=O) groups excluding carboxylic acids is 2. The van der Waals surface area contributed by atoms with E-state index >= 15 is 0 Å². The minimum absolute atomic E-state index is 0.0366. The molecule has 0 unspecified atom stereocenters. The van der Waals surface area contributed by atoms with Gasteiger partial charge in [-0.15, -0.1) is 0 Å². The topological polar surface area (TPSA) is 130 Å². The van der Waals surface area contributed by atoms with Crippen LogP contribution in [-0.2, 0) is 52.2 Å². The van der Waals surface area contributed by atoms with Gasteiger partial charge < -0.3 is 52.3 Å². The van der Waals surface area contributed by atoms with E-state index < -0.39 is 0 Å². The molecule has 0 fully saturated rings. The lowest BCUT2D eigenvalue weighted by Crippen LogP contribution is -2.32. The highest BCUT2D eigenvalue weighted by atomic mass is 16.6. The average molecular weight is 832 g/mol. The van der Waals surface area contributed by atoms with Gasteiger partial charge in [0.2, 0.25) is 0 Å². The number of hydrogen-bond acceptors (Lipinski definition) is 12. The molecule has 334 valence electrons. The highest BCUT2D eigenvalue weighted by molar-refractivity contribution is 5.79. The van der Waals surface area contributed by atoms with Crippen LogP contribution in [0.3, 0.4) is 0 Å². The number of fused-ring (bicyclic) bond motifs is 3. The van der Waals surface area contributed by atoms with Gasteiger partial charge in [0.1, 0.15) is 13.2 Å². The van der Waals surface area contributed by atoms with E-state index in [0.717, 1.165) is 12.8 Å². The van der Waals surface area contributed by atoms with Crippen molar-refractivity contribution < 1.29 is 57.0 Å². The number of esters is 1. The molecule has 0 spiro atoms. The second-order valence-electron chi connectivity index (χ2n) is 14.4. The fourth-order valence-electron chi connectivity index (χ4n) is 6.51. The Balaban J connectivity index is 0.960. The number of benzene rings is 2. The largest absolute Gasteiger partial charge is 0.463 e. The van der Waals surface area contributed by atoms with Crippen LogP contribution < -0.4 is 0 Å². The van der Waals surface area contributed by atoms with Gasteiger partial charge in [0.25, 0.3) is 0 Å². The molecule has 0 atom stereocenters. The molecule has 1 amide bonds. The van der Waals surface area contributed by atoms with Gasteiger partial charge in [0.05, 0.1) is 106 Å². The van der Waals surface area contributed by atoms with Crippen LogP contribution in [0.1, 0.15) is 88.2 Å². The molecule has 1 aliphatic carbocycles. The third-order valence-electron chi connectivity index (χ3n) is 9.80. The van der Waals surface area contributed by atoms with Crippen molar-refractivity contribution in [3.8, 4) is 11.1 Å².